The summed E-state index contributed by atoms with van der Waals surface area (Å²) in [5.74, 6) is -2.01. The zero-order chi connectivity index (χ0) is 27.0. The van der Waals surface area contributed by atoms with E-state index in [1.807, 2.05) is 6.92 Å². The van der Waals surface area contributed by atoms with E-state index in [4.69, 9.17) is 16.3 Å². The molecule has 38 heavy (non-hydrogen) atoms. The number of hydrogen-bond acceptors (Lipinski definition) is 6. The van der Waals surface area contributed by atoms with E-state index in [1.54, 1.807) is 36.4 Å². The Morgan fingerprint density at radius 2 is 1.92 bits per heavy atom. The van der Waals surface area contributed by atoms with Crippen LogP contribution in [-0.4, -0.2) is 53.4 Å². The van der Waals surface area contributed by atoms with Crippen LogP contribution in [0.1, 0.15) is 39.5 Å². The molecule has 0 amide bonds. The molecule has 3 saturated carbocycles. The molecule has 4 fully saturated rings. The second-order valence-electron chi connectivity index (χ2n) is 12.5. The van der Waals surface area contributed by atoms with E-state index >= 15 is 4.39 Å². The minimum Gasteiger partial charge on any atom is -0.389 e. The number of carbonyl (C=O) groups is 2. The average molecular weight is 544 g/mol. The summed E-state index contributed by atoms with van der Waals surface area (Å²) < 4.78 is 23.8. The van der Waals surface area contributed by atoms with Gasteiger partial charge in [-0.15, -0.1) is 0 Å². The topological polar surface area (TPSA) is 90.4 Å². The van der Waals surface area contributed by atoms with E-state index in [0.717, 1.165) is 10.6 Å². The number of aliphatic hydroxyl groups is 1. The molecule has 204 valence electrons. The molecule has 1 aromatic carbocycles. The lowest BCUT2D eigenvalue weighted by atomic mass is 9.42. The number of rotatable bonds is 6. The van der Waals surface area contributed by atoms with Crippen LogP contribution in [0, 0.1) is 40.4 Å². The van der Waals surface area contributed by atoms with Crippen molar-refractivity contribution in [3.8, 4) is 0 Å². The van der Waals surface area contributed by atoms with Crippen LogP contribution in [0.4, 0.5) is 10.1 Å². The molecule has 0 bridgehead atoms. The predicted octanol–water partition coefficient (Wildman–Crippen LogP) is 4.96. The Hall–Kier alpha value is -2.06. The molecule has 2 N–H and O–H groups in total. The van der Waals surface area contributed by atoms with Gasteiger partial charge in [0.2, 0.25) is 0 Å². The highest BCUT2D eigenvalue weighted by Gasteiger charge is 2.73. The van der Waals surface area contributed by atoms with Crippen LogP contribution in [0.3, 0.4) is 0 Å². The third-order valence-electron chi connectivity index (χ3n) is 10.7. The number of alkyl halides is 1. The lowest BCUT2D eigenvalue weighted by Gasteiger charge is -2.63. The van der Waals surface area contributed by atoms with Gasteiger partial charge in [-0.1, -0.05) is 30.2 Å². The number of ether oxygens (including phenoxy) is 1. The van der Waals surface area contributed by atoms with Crippen LogP contribution < -0.4 is 5.06 Å². The molecular weight excluding hydrogens is 509 g/mol. The number of fused-ring (bicyclic) bond motifs is 5. The summed E-state index contributed by atoms with van der Waals surface area (Å²) in [5.41, 5.74) is -1.68. The standard InChI is InChI=1S/C30H35ClFNO5/c1-28-13-24(26-16-38-26)30(32)22(8-3-18-12-21(35)9-10-29(18,30)2)23(28)11-17(27(28)25(36)15-34)14-33(37)20-6-4-19(31)5-7-20/h4-7,9-10,12,17,22-24,26-27,34,37H,3,8,11,13-16H2,1-2H3/t17-,22-,23-,24+,26?,27+,28-,29-,30-/m0/s1. The van der Waals surface area contributed by atoms with Crippen molar-refractivity contribution in [1.29, 1.82) is 0 Å². The van der Waals surface area contributed by atoms with Gasteiger partial charge in [0.1, 0.15) is 12.3 Å². The summed E-state index contributed by atoms with van der Waals surface area (Å²) in [4.78, 5) is 25.6. The van der Waals surface area contributed by atoms with Crippen molar-refractivity contribution in [3.63, 3.8) is 0 Å². The Kier molecular flexibility index (Phi) is 6.19. The summed E-state index contributed by atoms with van der Waals surface area (Å²) in [6, 6.07) is 6.82. The fourth-order valence-electron chi connectivity index (χ4n) is 9.06. The summed E-state index contributed by atoms with van der Waals surface area (Å²) in [6.07, 6.45) is 6.91. The molecule has 1 aliphatic heterocycles. The summed E-state index contributed by atoms with van der Waals surface area (Å²) in [6.45, 7) is 4.11. The second kappa shape index (κ2) is 8.98. The van der Waals surface area contributed by atoms with E-state index in [1.165, 1.54) is 6.08 Å². The number of nitrogens with zero attached hydrogens (tertiary/aromatic N) is 1. The Labute approximate surface area is 227 Å². The monoisotopic (exact) mass is 543 g/mol. The molecular formula is C30H35ClFNO5. The SMILES string of the molecule is C[C@]12C[C@H](C3CO3)[C@@]3(F)[C@@H](CCC4=CC(=O)C=C[C@@]43C)[C@@H]1C[C@@H](CN(O)c1ccc(Cl)cc1)[C@@H]2C(=O)CO. The zero-order valence-electron chi connectivity index (χ0n) is 21.8. The van der Waals surface area contributed by atoms with Gasteiger partial charge in [0.15, 0.2) is 11.6 Å². The quantitative estimate of drug-likeness (QED) is 0.389. The second-order valence-corrected chi connectivity index (χ2v) is 12.9. The van der Waals surface area contributed by atoms with E-state index in [9.17, 15) is 19.9 Å². The van der Waals surface area contributed by atoms with Crippen molar-refractivity contribution < 1.29 is 29.0 Å². The van der Waals surface area contributed by atoms with E-state index < -0.39 is 34.9 Å². The number of halogens is 2. The number of carbonyl (C=O) groups excluding carboxylic acids is 2. The fraction of sp³-hybridized carbons (Fsp3) is 0.600. The van der Waals surface area contributed by atoms with Crippen molar-refractivity contribution in [1.82, 2.24) is 0 Å². The molecule has 1 unspecified atom stereocenters. The lowest BCUT2D eigenvalue weighted by molar-refractivity contribution is -0.174. The van der Waals surface area contributed by atoms with E-state index in [0.29, 0.717) is 43.0 Å². The molecule has 6 nitrogen and oxygen atoms in total. The van der Waals surface area contributed by atoms with Gasteiger partial charge >= 0.3 is 0 Å². The molecule has 0 spiro atoms. The molecule has 4 aliphatic carbocycles. The number of anilines is 1. The van der Waals surface area contributed by atoms with Crippen LogP contribution in [0.2, 0.25) is 5.02 Å². The van der Waals surface area contributed by atoms with E-state index in [2.05, 4.69) is 6.92 Å². The summed E-state index contributed by atoms with van der Waals surface area (Å²) >= 11 is 6.02. The number of aliphatic hydroxyl groups excluding tert-OH is 1. The van der Waals surface area contributed by atoms with Crippen molar-refractivity contribution in [2.24, 2.45) is 40.4 Å². The average Bonchev–Trinajstić information content (AvgIpc) is 3.68. The lowest BCUT2D eigenvalue weighted by Crippen LogP contribution is -2.65. The number of allylic oxidation sites excluding steroid dienone is 4. The summed E-state index contributed by atoms with van der Waals surface area (Å²) in [7, 11) is 0. The molecule has 5 aliphatic rings. The minimum absolute atomic E-state index is 0.0980. The first kappa shape index (κ1) is 26.2. The molecule has 0 radical (unpaired) electrons. The third-order valence-corrected chi connectivity index (χ3v) is 11.0. The summed E-state index contributed by atoms with van der Waals surface area (Å²) in [5, 5.41) is 22.7. The zero-order valence-corrected chi connectivity index (χ0v) is 22.5. The first-order chi connectivity index (χ1) is 18.0. The smallest absolute Gasteiger partial charge is 0.178 e. The number of ketones is 2. The van der Waals surface area contributed by atoms with Gasteiger partial charge in [-0.3, -0.25) is 19.9 Å². The molecule has 0 aromatic heterocycles. The van der Waals surface area contributed by atoms with Gasteiger partial charge < -0.3 is 9.84 Å². The normalized spacial score (nSPS) is 43.1. The van der Waals surface area contributed by atoms with Crippen LogP contribution >= 0.6 is 11.6 Å². The number of epoxide rings is 1. The van der Waals surface area contributed by atoms with Crippen molar-refractivity contribution >= 4 is 28.9 Å². The van der Waals surface area contributed by atoms with Gasteiger partial charge in [0.05, 0.1) is 18.4 Å². The number of hydroxylamine groups is 1. The van der Waals surface area contributed by atoms with Gasteiger partial charge in [-0.05, 0) is 92.2 Å². The van der Waals surface area contributed by atoms with E-state index in [-0.39, 0.29) is 42.0 Å². The Balaban J connectivity index is 1.40. The minimum atomic E-state index is -1.63. The van der Waals surface area contributed by atoms with Crippen LogP contribution in [0.15, 0.2) is 48.1 Å². The van der Waals surface area contributed by atoms with Crippen LogP contribution in [-0.2, 0) is 14.3 Å². The van der Waals surface area contributed by atoms with Gasteiger partial charge in [-0.25, -0.2) is 4.39 Å². The number of benzene rings is 1. The first-order valence-corrected chi connectivity index (χ1v) is 14.0. The highest BCUT2D eigenvalue weighted by atomic mass is 35.5. The largest absolute Gasteiger partial charge is 0.389 e. The highest BCUT2D eigenvalue weighted by Crippen LogP contribution is 2.72. The number of hydrogen-bond donors (Lipinski definition) is 2. The van der Waals surface area contributed by atoms with Crippen LogP contribution in [0.25, 0.3) is 0 Å². The van der Waals surface area contributed by atoms with Crippen molar-refractivity contribution in [2.45, 2.75) is 51.3 Å². The van der Waals surface area contributed by atoms with Crippen molar-refractivity contribution in [3.05, 3.63) is 53.1 Å². The molecule has 1 aromatic rings. The molecule has 1 heterocycles. The first-order valence-electron chi connectivity index (χ1n) is 13.6. The third kappa shape index (κ3) is 3.69. The predicted molar refractivity (Wildman–Crippen MR) is 141 cm³/mol. The Bertz CT molecular complexity index is 1210. The fourth-order valence-corrected chi connectivity index (χ4v) is 9.18. The molecule has 8 heteroatoms. The number of Topliss-reactive ketones (excluding diaryl/α,β-unsaturated/α-hetero) is 1. The maximum Gasteiger partial charge on any atom is 0.178 e. The maximum atomic E-state index is 18.0. The molecule has 1 saturated heterocycles. The Morgan fingerprint density at radius 3 is 2.58 bits per heavy atom. The van der Waals surface area contributed by atoms with Gasteiger partial charge in [0, 0.05) is 28.8 Å². The Morgan fingerprint density at radius 1 is 1.21 bits per heavy atom. The van der Waals surface area contributed by atoms with Gasteiger partial charge in [0.25, 0.3) is 0 Å². The molecule has 9 atom stereocenters. The maximum absolute atomic E-state index is 18.0. The highest BCUT2D eigenvalue weighted by molar-refractivity contribution is 6.30. The van der Waals surface area contributed by atoms with Gasteiger partial charge in [-0.2, -0.15) is 0 Å². The van der Waals surface area contributed by atoms with Crippen LogP contribution in [0.5, 0.6) is 0 Å². The van der Waals surface area contributed by atoms with Crippen molar-refractivity contribution in [2.75, 3.05) is 24.8 Å². The molecule has 6 rings (SSSR count).